The fourth-order valence-electron chi connectivity index (χ4n) is 3.18. The number of esters is 1. The van der Waals surface area contributed by atoms with Crippen LogP contribution in [0.3, 0.4) is 0 Å². The summed E-state index contributed by atoms with van der Waals surface area (Å²) in [4.78, 5) is 24.5. The molecule has 3 aromatic carbocycles. The molecule has 0 saturated carbocycles. The maximum absolute atomic E-state index is 13.3. The number of hydrazone groups is 1. The number of anilines is 1. The monoisotopic (exact) mass is 557 g/mol. The maximum atomic E-state index is 13.3. The van der Waals surface area contributed by atoms with Gasteiger partial charge in [-0.3, -0.25) is 9.10 Å². The molecular formula is C27H28ClN3O6S. The molecule has 0 aromatic heterocycles. The number of carbonyl (C=O) groups is 2. The number of halogens is 1. The van der Waals surface area contributed by atoms with Gasteiger partial charge in [-0.25, -0.2) is 18.6 Å². The highest BCUT2D eigenvalue weighted by Gasteiger charge is 2.28. The van der Waals surface area contributed by atoms with Crippen LogP contribution in [0.25, 0.3) is 0 Å². The van der Waals surface area contributed by atoms with Crippen LogP contribution >= 0.6 is 11.6 Å². The normalized spacial score (nSPS) is 11.7. The fourth-order valence-corrected chi connectivity index (χ4v) is 4.93. The Balaban J connectivity index is 1.64. The summed E-state index contributed by atoms with van der Waals surface area (Å²) in [5.41, 5.74) is 2.54. The van der Waals surface area contributed by atoms with Crippen LogP contribution in [-0.4, -0.2) is 45.3 Å². The summed E-state index contributed by atoms with van der Waals surface area (Å²) in [6, 6.07) is 20.7. The molecule has 11 heteroatoms. The Morgan fingerprint density at radius 2 is 1.61 bits per heavy atom. The summed E-state index contributed by atoms with van der Waals surface area (Å²) in [5, 5.41) is 4.09. The molecule has 1 N–H and O–H groups in total. The van der Waals surface area contributed by atoms with E-state index in [1.165, 1.54) is 24.4 Å². The summed E-state index contributed by atoms with van der Waals surface area (Å²) in [7, 11) is -4.09. The quantitative estimate of drug-likeness (QED) is 0.224. The number of sulfonamides is 1. The van der Waals surface area contributed by atoms with Gasteiger partial charge in [0, 0.05) is 0 Å². The highest BCUT2D eigenvalue weighted by Crippen LogP contribution is 2.30. The molecule has 0 aliphatic rings. The van der Waals surface area contributed by atoms with Crippen molar-refractivity contribution in [1.29, 1.82) is 0 Å². The van der Waals surface area contributed by atoms with Crippen LogP contribution in [0.4, 0.5) is 5.69 Å². The van der Waals surface area contributed by atoms with Crippen molar-refractivity contribution in [3.63, 3.8) is 0 Å². The molecule has 200 valence electrons. The minimum absolute atomic E-state index is 0.0187. The lowest BCUT2D eigenvalue weighted by Gasteiger charge is -2.24. The van der Waals surface area contributed by atoms with Crippen LogP contribution in [0.2, 0.25) is 5.02 Å². The standard InChI is InChI=1S/C27H28ClN3O6S/c1-27(2,3)37-26(33)19-36-21-15-13-20(14-16-21)17-29-30-25(32)18-31(24-12-8-7-11-23(24)28)38(34,35)22-9-5-4-6-10-22/h4-17H,18-19H2,1-3H3,(H,30,32)/b29-17-. The molecule has 0 bridgehead atoms. The number of hydrogen-bond acceptors (Lipinski definition) is 7. The first-order valence-electron chi connectivity index (χ1n) is 11.5. The number of amides is 1. The van der Waals surface area contributed by atoms with Crippen LogP contribution in [0.1, 0.15) is 26.3 Å². The average Bonchev–Trinajstić information content (AvgIpc) is 2.87. The van der Waals surface area contributed by atoms with Crippen molar-refractivity contribution in [3.8, 4) is 5.75 Å². The van der Waals surface area contributed by atoms with E-state index in [2.05, 4.69) is 10.5 Å². The smallest absolute Gasteiger partial charge is 0.344 e. The molecule has 0 heterocycles. The molecule has 0 aliphatic heterocycles. The van der Waals surface area contributed by atoms with E-state index >= 15 is 0 Å². The van der Waals surface area contributed by atoms with Gasteiger partial charge in [-0.1, -0.05) is 41.9 Å². The maximum Gasteiger partial charge on any atom is 0.344 e. The molecule has 0 radical (unpaired) electrons. The van der Waals surface area contributed by atoms with Gasteiger partial charge in [0.05, 0.1) is 21.8 Å². The molecule has 0 spiro atoms. The lowest BCUT2D eigenvalue weighted by atomic mass is 10.2. The van der Waals surface area contributed by atoms with Crippen molar-refractivity contribution in [3.05, 3.63) is 89.4 Å². The molecule has 0 atom stereocenters. The zero-order valence-electron chi connectivity index (χ0n) is 21.1. The minimum Gasteiger partial charge on any atom is -0.482 e. The van der Waals surface area contributed by atoms with Gasteiger partial charge in [-0.05, 0) is 74.9 Å². The average molecular weight is 558 g/mol. The number of hydrogen-bond donors (Lipinski definition) is 1. The first kappa shape index (κ1) is 28.7. The van der Waals surface area contributed by atoms with Gasteiger partial charge < -0.3 is 9.47 Å². The van der Waals surface area contributed by atoms with E-state index in [1.54, 1.807) is 81.4 Å². The second-order valence-electron chi connectivity index (χ2n) is 9.01. The SMILES string of the molecule is CC(C)(C)OC(=O)COc1ccc(/C=N\NC(=O)CN(c2ccccc2Cl)S(=O)(=O)c2ccccc2)cc1. The van der Waals surface area contributed by atoms with Gasteiger partial charge in [0.15, 0.2) is 6.61 Å². The van der Waals surface area contributed by atoms with E-state index in [0.29, 0.717) is 11.3 Å². The first-order valence-corrected chi connectivity index (χ1v) is 13.4. The van der Waals surface area contributed by atoms with Crippen molar-refractivity contribution in [2.45, 2.75) is 31.3 Å². The van der Waals surface area contributed by atoms with Crippen LogP contribution in [0, 0.1) is 0 Å². The molecule has 38 heavy (non-hydrogen) atoms. The Hall–Kier alpha value is -3.89. The highest BCUT2D eigenvalue weighted by atomic mass is 35.5. The van der Waals surface area contributed by atoms with Gasteiger partial charge in [0.25, 0.3) is 15.9 Å². The van der Waals surface area contributed by atoms with Crippen LogP contribution in [-0.2, 0) is 24.3 Å². The van der Waals surface area contributed by atoms with E-state index in [4.69, 9.17) is 21.1 Å². The van der Waals surface area contributed by atoms with E-state index < -0.39 is 34.0 Å². The van der Waals surface area contributed by atoms with Gasteiger partial charge in [-0.2, -0.15) is 5.10 Å². The number of para-hydroxylation sites is 1. The summed E-state index contributed by atoms with van der Waals surface area (Å²) in [6.45, 7) is 4.54. The lowest BCUT2D eigenvalue weighted by Crippen LogP contribution is -2.39. The Bertz CT molecular complexity index is 1390. The summed E-state index contributed by atoms with van der Waals surface area (Å²) in [6.07, 6.45) is 1.39. The minimum atomic E-state index is -4.09. The third kappa shape index (κ3) is 8.32. The molecule has 9 nitrogen and oxygen atoms in total. The first-order chi connectivity index (χ1) is 18.0. The van der Waals surface area contributed by atoms with Crippen molar-refractivity contribution in [2.75, 3.05) is 17.5 Å². The Kier molecular flexibility index (Phi) is 9.49. The van der Waals surface area contributed by atoms with Gasteiger partial charge in [0.2, 0.25) is 0 Å². The predicted octanol–water partition coefficient (Wildman–Crippen LogP) is 4.41. The van der Waals surface area contributed by atoms with Crippen molar-refractivity contribution >= 4 is 45.4 Å². The van der Waals surface area contributed by atoms with E-state index in [0.717, 1.165) is 4.31 Å². The summed E-state index contributed by atoms with van der Waals surface area (Å²) < 4.78 is 38.2. The zero-order chi connectivity index (χ0) is 27.8. The van der Waals surface area contributed by atoms with E-state index in [9.17, 15) is 18.0 Å². The second-order valence-corrected chi connectivity index (χ2v) is 11.3. The molecule has 1 amide bonds. The Morgan fingerprint density at radius 3 is 2.24 bits per heavy atom. The molecular weight excluding hydrogens is 530 g/mol. The summed E-state index contributed by atoms with van der Waals surface area (Å²) in [5.74, 6) is -0.692. The molecule has 3 aromatic rings. The number of carbonyl (C=O) groups excluding carboxylic acids is 2. The molecule has 0 aliphatic carbocycles. The van der Waals surface area contributed by atoms with Crippen molar-refractivity contribution in [2.24, 2.45) is 5.10 Å². The number of rotatable bonds is 10. The zero-order valence-corrected chi connectivity index (χ0v) is 22.7. The number of nitrogens with zero attached hydrogens (tertiary/aromatic N) is 2. The largest absolute Gasteiger partial charge is 0.482 e. The van der Waals surface area contributed by atoms with Crippen LogP contribution < -0.4 is 14.5 Å². The third-order valence-corrected chi connectivity index (χ3v) is 6.89. The number of benzene rings is 3. The van der Waals surface area contributed by atoms with Gasteiger partial charge in [0.1, 0.15) is 17.9 Å². The molecule has 0 fully saturated rings. The van der Waals surface area contributed by atoms with Crippen LogP contribution in [0.15, 0.2) is 88.9 Å². The topological polar surface area (TPSA) is 114 Å². The highest BCUT2D eigenvalue weighted by molar-refractivity contribution is 7.92. The Labute approximate surface area is 227 Å². The lowest BCUT2D eigenvalue weighted by molar-refractivity contribution is -0.157. The number of ether oxygens (including phenoxy) is 2. The van der Waals surface area contributed by atoms with Crippen LogP contribution in [0.5, 0.6) is 5.75 Å². The molecule has 3 rings (SSSR count). The van der Waals surface area contributed by atoms with E-state index in [1.807, 2.05) is 0 Å². The van der Waals surface area contributed by atoms with Crippen molar-refractivity contribution < 1.29 is 27.5 Å². The van der Waals surface area contributed by atoms with E-state index in [-0.39, 0.29) is 22.2 Å². The third-order valence-electron chi connectivity index (χ3n) is 4.80. The van der Waals surface area contributed by atoms with Gasteiger partial charge in [-0.15, -0.1) is 0 Å². The predicted molar refractivity (Wildman–Crippen MR) is 146 cm³/mol. The van der Waals surface area contributed by atoms with Crippen molar-refractivity contribution in [1.82, 2.24) is 5.43 Å². The Morgan fingerprint density at radius 1 is 0.974 bits per heavy atom. The fraction of sp³-hybridized carbons (Fsp3) is 0.222. The molecule has 0 unspecified atom stereocenters. The molecule has 0 saturated heterocycles. The summed E-state index contributed by atoms with van der Waals surface area (Å²) >= 11 is 6.26. The number of nitrogens with one attached hydrogen (secondary N) is 1. The second kappa shape index (κ2) is 12.6. The van der Waals surface area contributed by atoms with Gasteiger partial charge >= 0.3 is 5.97 Å².